The first kappa shape index (κ1) is 12.3. The smallest absolute Gasteiger partial charge is 0.273 e. The second-order valence-corrected chi connectivity index (χ2v) is 4.62. The molecule has 2 rings (SSSR count). The third kappa shape index (κ3) is 2.94. The highest BCUT2D eigenvalue weighted by Crippen LogP contribution is 2.22. The van der Waals surface area contributed by atoms with Crippen LogP contribution in [0, 0.1) is 4.77 Å². The highest BCUT2D eigenvalue weighted by Gasteiger charge is 2.07. The van der Waals surface area contributed by atoms with Crippen molar-refractivity contribution in [2.45, 2.75) is 6.42 Å². The van der Waals surface area contributed by atoms with E-state index >= 15 is 0 Å². The van der Waals surface area contributed by atoms with Crippen LogP contribution in [0.25, 0.3) is 0 Å². The van der Waals surface area contributed by atoms with E-state index in [9.17, 15) is 4.79 Å². The Balaban J connectivity index is 2.38. The van der Waals surface area contributed by atoms with E-state index in [1.165, 1.54) is 0 Å². The number of aromatic amines is 2. The summed E-state index contributed by atoms with van der Waals surface area (Å²) in [5, 5.41) is 7.45. The maximum absolute atomic E-state index is 11.5. The fourth-order valence-electron chi connectivity index (χ4n) is 1.34. The van der Waals surface area contributed by atoms with Crippen LogP contribution >= 0.6 is 35.4 Å². The van der Waals surface area contributed by atoms with E-state index in [0.29, 0.717) is 22.2 Å². The number of halogens is 2. The Morgan fingerprint density at radius 2 is 2.12 bits per heavy atom. The average Bonchev–Trinajstić information content (AvgIpc) is 2.25. The summed E-state index contributed by atoms with van der Waals surface area (Å²) in [6.07, 6.45) is 0.317. The summed E-state index contributed by atoms with van der Waals surface area (Å²) < 4.78 is 0.195. The summed E-state index contributed by atoms with van der Waals surface area (Å²) in [6, 6.07) is 5.09. The van der Waals surface area contributed by atoms with Crippen molar-refractivity contribution in [1.29, 1.82) is 0 Å². The van der Waals surface area contributed by atoms with Gasteiger partial charge in [-0.3, -0.25) is 14.9 Å². The molecule has 17 heavy (non-hydrogen) atoms. The van der Waals surface area contributed by atoms with Gasteiger partial charge in [0.05, 0.1) is 0 Å². The molecule has 0 fully saturated rings. The summed E-state index contributed by atoms with van der Waals surface area (Å²) in [7, 11) is 0. The average molecular weight is 288 g/mol. The number of aromatic nitrogens is 3. The second kappa shape index (κ2) is 5.00. The minimum absolute atomic E-state index is 0.195. The van der Waals surface area contributed by atoms with E-state index in [2.05, 4.69) is 15.2 Å². The molecule has 0 aliphatic carbocycles. The monoisotopic (exact) mass is 287 g/mol. The van der Waals surface area contributed by atoms with Crippen LogP contribution in [0.15, 0.2) is 23.0 Å². The van der Waals surface area contributed by atoms with Gasteiger partial charge in [0.15, 0.2) is 4.77 Å². The first-order valence-electron chi connectivity index (χ1n) is 4.68. The summed E-state index contributed by atoms with van der Waals surface area (Å²) in [6.45, 7) is 0. The molecular weight excluding hydrogens is 281 g/mol. The molecule has 7 heteroatoms. The van der Waals surface area contributed by atoms with Gasteiger partial charge in [-0.1, -0.05) is 29.3 Å². The lowest BCUT2D eigenvalue weighted by Gasteiger charge is -2.03. The highest BCUT2D eigenvalue weighted by molar-refractivity contribution is 7.71. The van der Waals surface area contributed by atoms with Crippen LogP contribution < -0.4 is 5.56 Å². The minimum Gasteiger partial charge on any atom is -0.296 e. The maximum atomic E-state index is 11.5. The topological polar surface area (TPSA) is 61.5 Å². The normalized spacial score (nSPS) is 10.5. The molecule has 88 valence electrons. The molecule has 0 bridgehead atoms. The fourth-order valence-corrected chi connectivity index (χ4v) is 1.95. The van der Waals surface area contributed by atoms with Crippen molar-refractivity contribution in [1.82, 2.24) is 15.2 Å². The van der Waals surface area contributed by atoms with E-state index in [1.807, 2.05) is 0 Å². The van der Waals surface area contributed by atoms with Gasteiger partial charge in [0.2, 0.25) is 0 Å². The molecule has 1 aromatic heterocycles. The molecule has 0 radical (unpaired) electrons. The van der Waals surface area contributed by atoms with E-state index in [-0.39, 0.29) is 10.3 Å². The predicted octanol–water partition coefficient (Wildman–Crippen LogP) is 2.73. The Labute approximate surface area is 112 Å². The van der Waals surface area contributed by atoms with Crippen molar-refractivity contribution >= 4 is 35.4 Å². The second-order valence-electron chi connectivity index (χ2n) is 3.37. The number of hydrogen-bond donors (Lipinski definition) is 2. The lowest BCUT2D eigenvalue weighted by molar-refractivity contribution is 0.851. The Morgan fingerprint density at radius 1 is 1.35 bits per heavy atom. The fraction of sp³-hybridized carbons (Fsp3) is 0.100. The number of rotatable bonds is 2. The quantitative estimate of drug-likeness (QED) is 0.835. The lowest BCUT2D eigenvalue weighted by atomic mass is 10.1. The molecule has 4 nitrogen and oxygen atoms in total. The summed E-state index contributed by atoms with van der Waals surface area (Å²) >= 11 is 16.5. The number of benzene rings is 1. The van der Waals surface area contributed by atoms with Gasteiger partial charge in [-0.2, -0.15) is 5.10 Å². The van der Waals surface area contributed by atoms with Crippen molar-refractivity contribution in [3.8, 4) is 0 Å². The Hall–Kier alpha value is -1.17. The molecule has 1 aromatic carbocycles. The Morgan fingerprint density at radius 3 is 2.76 bits per heavy atom. The van der Waals surface area contributed by atoms with Crippen molar-refractivity contribution in [2.24, 2.45) is 0 Å². The van der Waals surface area contributed by atoms with Crippen LogP contribution in [0.1, 0.15) is 11.3 Å². The van der Waals surface area contributed by atoms with Crippen LogP contribution in [0.5, 0.6) is 0 Å². The van der Waals surface area contributed by atoms with Gasteiger partial charge in [0, 0.05) is 16.5 Å². The molecule has 2 N–H and O–H groups in total. The van der Waals surface area contributed by atoms with Crippen molar-refractivity contribution in [3.63, 3.8) is 0 Å². The third-order valence-corrected chi connectivity index (χ3v) is 2.93. The Bertz CT molecular complexity index is 665. The zero-order valence-electron chi connectivity index (χ0n) is 8.46. The standard InChI is InChI=1S/C10H7Cl2N3OS/c11-6-2-1-5(7(12)4-6)3-8-9(16)13-10(17)15-14-8/h1-2,4H,3H2,(H2,13,15,16,17). The zero-order valence-corrected chi connectivity index (χ0v) is 10.8. The molecule has 0 amide bonds. The molecule has 0 atom stereocenters. The zero-order chi connectivity index (χ0) is 12.4. The maximum Gasteiger partial charge on any atom is 0.273 e. The first-order valence-corrected chi connectivity index (χ1v) is 5.84. The van der Waals surface area contributed by atoms with Crippen LogP contribution in [0.3, 0.4) is 0 Å². The van der Waals surface area contributed by atoms with Crippen LogP contribution in [-0.4, -0.2) is 15.2 Å². The van der Waals surface area contributed by atoms with Gasteiger partial charge in [-0.05, 0) is 29.9 Å². The molecular formula is C10H7Cl2N3OS. The van der Waals surface area contributed by atoms with Crippen molar-refractivity contribution < 1.29 is 0 Å². The van der Waals surface area contributed by atoms with E-state index < -0.39 is 0 Å². The van der Waals surface area contributed by atoms with Gasteiger partial charge in [-0.25, -0.2) is 0 Å². The molecule has 0 aliphatic rings. The molecule has 0 unspecified atom stereocenters. The minimum atomic E-state index is -0.320. The molecule has 0 aliphatic heterocycles. The van der Waals surface area contributed by atoms with Gasteiger partial charge >= 0.3 is 0 Å². The van der Waals surface area contributed by atoms with Crippen LogP contribution in [-0.2, 0) is 6.42 Å². The van der Waals surface area contributed by atoms with E-state index in [1.54, 1.807) is 18.2 Å². The van der Waals surface area contributed by atoms with Gasteiger partial charge < -0.3 is 0 Å². The number of nitrogens with one attached hydrogen (secondary N) is 2. The number of nitrogens with zero attached hydrogens (tertiary/aromatic N) is 1. The van der Waals surface area contributed by atoms with E-state index in [0.717, 1.165) is 5.56 Å². The summed E-state index contributed by atoms with van der Waals surface area (Å²) in [5.74, 6) is 0. The number of H-pyrrole nitrogens is 2. The van der Waals surface area contributed by atoms with Gasteiger partial charge in [0.25, 0.3) is 5.56 Å². The van der Waals surface area contributed by atoms with Crippen molar-refractivity contribution in [3.05, 3.63) is 54.6 Å². The summed E-state index contributed by atoms with van der Waals surface area (Å²) in [4.78, 5) is 14.0. The van der Waals surface area contributed by atoms with Crippen LogP contribution in [0.2, 0.25) is 10.0 Å². The predicted molar refractivity (Wildman–Crippen MR) is 69.3 cm³/mol. The SMILES string of the molecule is O=c1[nH]c(=S)[nH]nc1Cc1ccc(Cl)cc1Cl. The lowest BCUT2D eigenvalue weighted by Crippen LogP contribution is -2.17. The van der Waals surface area contributed by atoms with Crippen LogP contribution in [0.4, 0.5) is 0 Å². The van der Waals surface area contributed by atoms with Gasteiger partial charge in [0.1, 0.15) is 5.69 Å². The molecule has 2 aromatic rings. The molecule has 0 saturated heterocycles. The largest absolute Gasteiger partial charge is 0.296 e. The number of hydrogen-bond acceptors (Lipinski definition) is 3. The Kier molecular flexibility index (Phi) is 3.61. The summed E-state index contributed by atoms with van der Waals surface area (Å²) in [5.41, 5.74) is 0.780. The highest BCUT2D eigenvalue weighted by atomic mass is 35.5. The van der Waals surface area contributed by atoms with Gasteiger partial charge in [-0.15, -0.1) is 0 Å². The third-order valence-electron chi connectivity index (χ3n) is 2.15. The van der Waals surface area contributed by atoms with E-state index in [4.69, 9.17) is 35.4 Å². The first-order chi connectivity index (χ1) is 8.06. The molecule has 0 spiro atoms. The molecule has 1 heterocycles. The molecule has 0 saturated carbocycles. The van der Waals surface area contributed by atoms with Crippen molar-refractivity contribution in [2.75, 3.05) is 0 Å².